The van der Waals surface area contributed by atoms with Crippen LogP contribution in [-0.2, 0) is 0 Å². The second kappa shape index (κ2) is 5.87. The molecule has 0 saturated carbocycles. The van der Waals surface area contributed by atoms with Crippen LogP contribution in [0.25, 0.3) is 21.9 Å². The summed E-state index contributed by atoms with van der Waals surface area (Å²) in [5, 5.41) is 8.83. The highest BCUT2D eigenvalue weighted by atomic mass is 16.3. The van der Waals surface area contributed by atoms with Gasteiger partial charge in [-0.2, -0.15) is 0 Å². The Morgan fingerprint density at radius 2 is 1.05 bits per heavy atom. The molecule has 0 aliphatic carbocycles. The third kappa shape index (κ3) is 2.78. The van der Waals surface area contributed by atoms with Crippen LogP contribution >= 0.6 is 0 Å². The summed E-state index contributed by atoms with van der Waals surface area (Å²) in [5.41, 5.74) is 1.92. The Morgan fingerprint density at radius 3 is 1.47 bits per heavy atom. The summed E-state index contributed by atoms with van der Waals surface area (Å²) in [6.45, 7) is 4.56. The van der Waals surface area contributed by atoms with Crippen molar-refractivity contribution in [1.29, 1.82) is 0 Å². The van der Waals surface area contributed by atoms with Crippen molar-refractivity contribution < 1.29 is 4.42 Å². The molecule has 1 saturated heterocycles. The van der Waals surface area contributed by atoms with Crippen LogP contribution in [0.3, 0.4) is 0 Å². The van der Waals surface area contributed by atoms with Crippen molar-refractivity contribution in [1.82, 2.24) is 10.6 Å². The average Bonchev–Trinajstić information content (AvgIpc) is 2.88. The summed E-state index contributed by atoms with van der Waals surface area (Å²) < 4.78 is 5.65. The largest absolute Gasteiger partial charge is 0.456 e. The van der Waals surface area contributed by atoms with E-state index in [2.05, 4.69) is 22.8 Å². The summed E-state index contributed by atoms with van der Waals surface area (Å²) >= 11 is 0. The summed E-state index contributed by atoms with van der Waals surface area (Å²) in [6.07, 6.45) is 0. The Labute approximate surface area is 112 Å². The number of piperazine rings is 1. The average molecular weight is 254 g/mol. The number of para-hydroxylation sites is 2. The van der Waals surface area contributed by atoms with E-state index in [1.807, 2.05) is 36.4 Å². The Morgan fingerprint density at radius 1 is 0.632 bits per heavy atom. The third-order valence-corrected chi connectivity index (χ3v) is 3.24. The molecule has 1 fully saturated rings. The molecule has 4 rings (SSSR count). The fraction of sp³-hybridized carbons (Fsp3) is 0.250. The molecule has 98 valence electrons. The van der Waals surface area contributed by atoms with Crippen molar-refractivity contribution in [3.8, 4) is 0 Å². The van der Waals surface area contributed by atoms with Crippen LogP contribution < -0.4 is 10.6 Å². The number of hydrogen-bond donors (Lipinski definition) is 2. The molecule has 0 amide bonds. The highest BCUT2D eigenvalue weighted by Gasteiger charge is 2.03. The summed E-state index contributed by atoms with van der Waals surface area (Å²) in [5.74, 6) is 0. The lowest BCUT2D eigenvalue weighted by atomic mass is 10.2. The molecule has 0 unspecified atom stereocenters. The van der Waals surface area contributed by atoms with Crippen LogP contribution in [0.15, 0.2) is 52.9 Å². The Kier molecular flexibility index (Phi) is 3.77. The highest BCUT2D eigenvalue weighted by molar-refractivity contribution is 6.04. The number of rotatable bonds is 0. The molecule has 3 aromatic rings. The molecule has 2 N–H and O–H groups in total. The minimum absolute atomic E-state index is 0.962. The first-order valence-electron chi connectivity index (χ1n) is 6.73. The highest BCUT2D eigenvalue weighted by Crippen LogP contribution is 2.27. The topological polar surface area (TPSA) is 37.2 Å². The SMILES string of the molecule is C1CNCCN1.c1ccc2c(c1)oc1ccccc12. The van der Waals surface area contributed by atoms with Gasteiger partial charge in [0.1, 0.15) is 11.2 Å². The van der Waals surface area contributed by atoms with Crippen molar-refractivity contribution in [3.63, 3.8) is 0 Å². The predicted octanol–water partition coefficient (Wildman–Crippen LogP) is 2.77. The standard InChI is InChI=1S/C12H8O.C4H10N2/c1-3-7-11-9(5-1)10-6-2-4-8-12(10)13-11;1-2-6-4-3-5-1/h1-8H;5-6H,1-4H2. The maximum atomic E-state index is 5.65. The molecule has 3 heteroatoms. The summed E-state index contributed by atoms with van der Waals surface area (Å²) in [4.78, 5) is 0. The molecule has 19 heavy (non-hydrogen) atoms. The minimum Gasteiger partial charge on any atom is -0.456 e. The van der Waals surface area contributed by atoms with Crippen LogP contribution in [0.4, 0.5) is 0 Å². The summed E-state index contributed by atoms with van der Waals surface area (Å²) in [7, 11) is 0. The number of furan rings is 1. The molecular formula is C16H18N2O. The van der Waals surface area contributed by atoms with Gasteiger partial charge in [0.05, 0.1) is 0 Å². The van der Waals surface area contributed by atoms with Crippen LogP contribution in [-0.4, -0.2) is 26.2 Å². The quantitative estimate of drug-likeness (QED) is 0.648. The number of nitrogens with one attached hydrogen (secondary N) is 2. The molecule has 0 radical (unpaired) electrons. The monoisotopic (exact) mass is 254 g/mol. The number of hydrogen-bond acceptors (Lipinski definition) is 3. The first-order chi connectivity index (χ1) is 9.45. The lowest BCUT2D eigenvalue weighted by Gasteiger charge is -2.11. The van der Waals surface area contributed by atoms with Gasteiger partial charge in [0, 0.05) is 37.0 Å². The smallest absolute Gasteiger partial charge is 0.135 e. The first kappa shape index (κ1) is 12.2. The van der Waals surface area contributed by atoms with E-state index >= 15 is 0 Å². The van der Waals surface area contributed by atoms with E-state index < -0.39 is 0 Å². The van der Waals surface area contributed by atoms with Crippen molar-refractivity contribution >= 4 is 21.9 Å². The fourth-order valence-corrected chi connectivity index (χ4v) is 2.28. The lowest BCUT2D eigenvalue weighted by molar-refractivity contribution is 0.534. The molecule has 0 spiro atoms. The van der Waals surface area contributed by atoms with Crippen molar-refractivity contribution in [2.75, 3.05) is 26.2 Å². The first-order valence-corrected chi connectivity index (χ1v) is 6.73. The predicted molar refractivity (Wildman–Crippen MR) is 79.5 cm³/mol. The molecule has 3 nitrogen and oxygen atoms in total. The van der Waals surface area contributed by atoms with Gasteiger partial charge in [-0.3, -0.25) is 0 Å². The molecular weight excluding hydrogens is 236 g/mol. The zero-order valence-electron chi connectivity index (χ0n) is 10.9. The molecule has 2 heterocycles. The minimum atomic E-state index is 0.962. The number of fused-ring (bicyclic) bond motifs is 3. The lowest BCUT2D eigenvalue weighted by Crippen LogP contribution is -2.39. The van der Waals surface area contributed by atoms with E-state index in [0.717, 1.165) is 37.3 Å². The molecule has 2 aromatic carbocycles. The van der Waals surface area contributed by atoms with Gasteiger partial charge in [0.25, 0.3) is 0 Å². The Balaban J connectivity index is 0.000000155. The fourth-order valence-electron chi connectivity index (χ4n) is 2.28. The zero-order chi connectivity index (χ0) is 12.9. The normalized spacial score (nSPS) is 15.2. The molecule has 1 aromatic heterocycles. The van der Waals surface area contributed by atoms with Crippen molar-refractivity contribution in [2.24, 2.45) is 0 Å². The van der Waals surface area contributed by atoms with Crippen LogP contribution in [0.1, 0.15) is 0 Å². The zero-order valence-corrected chi connectivity index (χ0v) is 10.9. The van der Waals surface area contributed by atoms with Crippen LogP contribution in [0.5, 0.6) is 0 Å². The summed E-state index contributed by atoms with van der Waals surface area (Å²) in [6, 6.07) is 16.2. The van der Waals surface area contributed by atoms with Gasteiger partial charge in [-0.15, -0.1) is 0 Å². The van der Waals surface area contributed by atoms with E-state index in [4.69, 9.17) is 4.42 Å². The van der Waals surface area contributed by atoms with E-state index in [0.29, 0.717) is 0 Å². The second-order valence-corrected chi connectivity index (χ2v) is 4.59. The van der Waals surface area contributed by atoms with Gasteiger partial charge < -0.3 is 15.1 Å². The Hall–Kier alpha value is -1.84. The molecule has 1 aliphatic heterocycles. The maximum Gasteiger partial charge on any atom is 0.135 e. The van der Waals surface area contributed by atoms with Crippen molar-refractivity contribution in [3.05, 3.63) is 48.5 Å². The van der Waals surface area contributed by atoms with E-state index in [1.54, 1.807) is 0 Å². The molecule has 1 aliphatic rings. The Bertz CT molecular complexity index is 594. The van der Waals surface area contributed by atoms with E-state index in [1.165, 1.54) is 10.8 Å². The van der Waals surface area contributed by atoms with E-state index in [9.17, 15) is 0 Å². The molecule has 0 bridgehead atoms. The van der Waals surface area contributed by atoms with Crippen LogP contribution in [0.2, 0.25) is 0 Å². The van der Waals surface area contributed by atoms with Gasteiger partial charge in [-0.05, 0) is 12.1 Å². The van der Waals surface area contributed by atoms with Gasteiger partial charge in [-0.1, -0.05) is 36.4 Å². The maximum absolute atomic E-state index is 5.65. The van der Waals surface area contributed by atoms with Crippen LogP contribution in [0, 0.1) is 0 Å². The molecule has 0 atom stereocenters. The van der Waals surface area contributed by atoms with Gasteiger partial charge >= 0.3 is 0 Å². The van der Waals surface area contributed by atoms with Crippen molar-refractivity contribution in [2.45, 2.75) is 0 Å². The third-order valence-electron chi connectivity index (χ3n) is 3.24. The van der Waals surface area contributed by atoms with E-state index in [-0.39, 0.29) is 0 Å². The van der Waals surface area contributed by atoms with Gasteiger partial charge in [0.2, 0.25) is 0 Å². The van der Waals surface area contributed by atoms with Gasteiger partial charge in [0.15, 0.2) is 0 Å². The number of benzene rings is 2. The van der Waals surface area contributed by atoms with Gasteiger partial charge in [-0.25, -0.2) is 0 Å². The second-order valence-electron chi connectivity index (χ2n) is 4.59.